The number of nitrogens with zero attached hydrogens (tertiary/aromatic N) is 1. The summed E-state index contributed by atoms with van der Waals surface area (Å²) in [5.41, 5.74) is 2.77. The first-order valence-corrected chi connectivity index (χ1v) is 8.48. The zero-order chi connectivity index (χ0) is 18.4. The van der Waals surface area contributed by atoms with Gasteiger partial charge in [0.15, 0.2) is 0 Å². The quantitative estimate of drug-likeness (QED) is 0.830. The summed E-state index contributed by atoms with van der Waals surface area (Å²) in [6, 6.07) is 13.8. The molecule has 2 aromatic rings. The topological polar surface area (TPSA) is 59.9 Å². The first-order chi connectivity index (χ1) is 12.6. The Bertz CT molecular complexity index is 790. The molecule has 0 bridgehead atoms. The minimum atomic E-state index is -0.255. The van der Waals surface area contributed by atoms with Gasteiger partial charge in [0.25, 0.3) is 0 Å². The fraction of sp³-hybridized carbons (Fsp3) is 0.300. The molecule has 1 heterocycles. The third kappa shape index (κ3) is 5.05. The molecule has 5 nitrogen and oxygen atoms in total. The molecule has 0 unspecified atom stereocenters. The molecule has 26 heavy (non-hydrogen) atoms. The maximum Gasteiger partial charge on any atom is 0.224 e. The van der Waals surface area contributed by atoms with Crippen LogP contribution in [0.1, 0.15) is 17.5 Å². The van der Waals surface area contributed by atoms with Gasteiger partial charge in [-0.2, -0.15) is 0 Å². The van der Waals surface area contributed by atoms with Crippen LogP contribution in [0.4, 0.5) is 4.39 Å². The van der Waals surface area contributed by atoms with Crippen molar-refractivity contribution in [3.63, 3.8) is 0 Å². The molecule has 1 N–H and O–H groups in total. The van der Waals surface area contributed by atoms with Gasteiger partial charge in [-0.05, 0) is 35.4 Å². The zero-order valence-corrected chi connectivity index (χ0v) is 14.6. The Morgan fingerprint density at radius 3 is 2.85 bits per heavy atom. The predicted octanol–water partition coefficient (Wildman–Crippen LogP) is 2.88. The normalized spacial score (nSPS) is 15.9. The number of rotatable bonds is 7. The summed E-state index contributed by atoms with van der Waals surface area (Å²) >= 11 is 0. The van der Waals surface area contributed by atoms with Crippen LogP contribution in [0, 0.1) is 5.82 Å². The number of carbonyl (C=O) groups excluding carboxylic acids is 1. The van der Waals surface area contributed by atoms with Gasteiger partial charge in [-0.1, -0.05) is 29.4 Å². The maximum atomic E-state index is 12.9. The summed E-state index contributed by atoms with van der Waals surface area (Å²) in [6.07, 6.45) is 1.39. The first kappa shape index (κ1) is 17.9. The van der Waals surface area contributed by atoms with Gasteiger partial charge >= 0.3 is 0 Å². The second kappa shape index (κ2) is 8.47. The van der Waals surface area contributed by atoms with Gasteiger partial charge in [-0.25, -0.2) is 4.39 Å². The monoisotopic (exact) mass is 356 g/mol. The number of amides is 1. The molecular weight excluding hydrogens is 335 g/mol. The van der Waals surface area contributed by atoms with Crippen molar-refractivity contribution in [1.29, 1.82) is 0 Å². The SMILES string of the molecule is COc1cccc(CC(=O)NC[C@@H]2CC(Cc3ccc(F)cc3)=NO2)c1. The Morgan fingerprint density at radius 1 is 1.27 bits per heavy atom. The van der Waals surface area contributed by atoms with E-state index in [0.717, 1.165) is 22.6 Å². The van der Waals surface area contributed by atoms with E-state index in [2.05, 4.69) is 10.5 Å². The summed E-state index contributed by atoms with van der Waals surface area (Å²) in [6.45, 7) is 0.402. The van der Waals surface area contributed by atoms with Crippen LogP contribution < -0.4 is 10.1 Å². The fourth-order valence-corrected chi connectivity index (χ4v) is 2.80. The lowest BCUT2D eigenvalue weighted by Crippen LogP contribution is -2.33. The van der Waals surface area contributed by atoms with Gasteiger partial charge in [-0.15, -0.1) is 0 Å². The Balaban J connectivity index is 1.41. The summed E-state index contributed by atoms with van der Waals surface area (Å²) < 4.78 is 18.1. The number of benzene rings is 2. The summed E-state index contributed by atoms with van der Waals surface area (Å²) in [5.74, 6) is 0.400. The van der Waals surface area contributed by atoms with E-state index in [1.165, 1.54) is 12.1 Å². The number of methoxy groups -OCH3 is 1. The van der Waals surface area contributed by atoms with Gasteiger partial charge in [-0.3, -0.25) is 4.79 Å². The van der Waals surface area contributed by atoms with Gasteiger partial charge in [0.05, 0.1) is 25.8 Å². The molecule has 136 valence electrons. The highest BCUT2D eigenvalue weighted by Gasteiger charge is 2.21. The molecule has 6 heteroatoms. The van der Waals surface area contributed by atoms with Crippen LogP contribution >= 0.6 is 0 Å². The number of hydrogen-bond acceptors (Lipinski definition) is 4. The molecule has 0 saturated carbocycles. The molecule has 1 atom stereocenters. The molecule has 0 spiro atoms. The molecule has 1 aliphatic rings. The second-order valence-electron chi connectivity index (χ2n) is 6.22. The van der Waals surface area contributed by atoms with E-state index >= 15 is 0 Å². The Kier molecular flexibility index (Phi) is 5.84. The van der Waals surface area contributed by atoms with Crippen molar-refractivity contribution in [3.05, 3.63) is 65.5 Å². The molecule has 0 saturated heterocycles. The van der Waals surface area contributed by atoms with Gasteiger partial charge in [0.1, 0.15) is 17.7 Å². The van der Waals surface area contributed by atoms with Crippen LogP contribution in [-0.2, 0) is 22.5 Å². The molecule has 0 aliphatic carbocycles. The largest absolute Gasteiger partial charge is 0.497 e. The van der Waals surface area contributed by atoms with Crippen LogP contribution in [0.15, 0.2) is 53.7 Å². The maximum absolute atomic E-state index is 12.9. The smallest absolute Gasteiger partial charge is 0.224 e. The average Bonchev–Trinajstić information content (AvgIpc) is 3.09. The number of ether oxygens (including phenoxy) is 1. The van der Waals surface area contributed by atoms with Crippen molar-refractivity contribution >= 4 is 11.6 Å². The van der Waals surface area contributed by atoms with E-state index < -0.39 is 0 Å². The van der Waals surface area contributed by atoms with Crippen LogP contribution in [-0.4, -0.2) is 31.4 Å². The summed E-state index contributed by atoms with van der Waals surface area (Å²) in [4.78, 5) is 17.5. The molecule has 1 amide bonds. The van der Waals surface area contributed by atoms with Gasteiger partial charge in [0.2, 0.25) is 5.91 Å². The molecule has 3 rings (SSSR count). The fourth-order valence-electron chi connectivity index (χ4n) is 2.80. The van der Waals surface area contributed by atoms with E-state index in [-0.39, 0.29) is 24.2 Å². The van der Waals surface area contributed by atoms with Crippen molar-refractivity contribution in [1.82, 2.24) is 5.32 Å². The molecule has 0 radical (unpaired) electrons. The van der Waals surface area contributed by atoms with E-state index in [9.17, 15) is 9.18 Å². The number of halogens is 1. The molecule has 1 aliphatic heterocycles. The van der Waals surface area contributed by atoms with E-state index in [1.807, 2.05) is 24.3 Å². The first-order valence-electron chi connectivity index (χ1n) is 8.48. The highest BCUT2D eigenvalue weighted by atomic mass is 19.1. The lowest BCUT2D eigenvalue weighted by Gasteiger charge is -2.10. The second-order valence-corrected chi connectivity index (χ2v) is 6.22. The molecular formula is C20H21FN2O3. The highest BCUT2D eigenvalue weighted by molar-refractivity contribution is 5.87. The predicted molar refractivity (Wildman–Crippen MR) is 96.7 cm³/mol. The number of nitrogens with one attached hydrogen (secondary N) is 1. The van der Waals surface area contributed by atoms with Crippen LogP contribution in [0.3, 0.4) is 0 Å². The van der Waals surface area contributed by atoms with Crippen molar-refractivity contribution in [2.24, 2.45) is 5.16 Å². The third-order valence-electron chi connectivity index (χ3n) is 4.14. The van der Waals surface area contributed by atoms with Gasteiger partial charge in [0, 0.05) is 12.8 Å². The number of carbonyl (C=O) groups is 1. The van der Waals surface area contributed by atoms with E-state index in [1.54, 1.807) is 19.2 Å². The summed E-state index contributed by atoms with van der Waals surface area (Å²) in [7, 11) is 1.60. The van der Waals surface area contributed by atoms with Crippen LogP contribution in [0.2, 0.25) is 0 Å². The summed E-state index contributed by atoms with van der Waals surface area (Å²) in [5, 5.41) is 6.95. The van der Waals surface area contributed by atoms with E-state index in [4.69, 9.17) is 9.57 Å². The van der Waals surface area contributed by atoms with Crippen molar-refractivity contribution in [2.45, 2.75) is 25.4 Å². The van der Waals surface area contributed by atoms with Crippen molar-refractivity contribution in [2.75, 3.05) is 13.7 Å². The Labute approximate surface area is 151 Å². The minimum Gasteiger partial charge on any atom is -0.497 e. The number of hydrogen-bond donors (Lipinski definition) is 1. The average molecular weight is 356 g/mol. The minimum absolute atomic E-state index is 0.0752. The highest BCUT2D eigenvalue weighted by Crippen LogP contribution is 2.15. The lowest BCUT2D eigenvalue weighted by atomic mass is 10.0. The van der Waals surface area contributed by atoms with Gasteiger partial charge < -0.3 is 14.9 Å². The third-order valence-corrected chi connectivity index (χ3v) is 4.14. The Morgan fingerprint density at radius 2 is 2.08 bits per heavy atom. The molecule has 0 fully saturated rings. The van der Waals surface area contributed by atoms with Crippen molar-refractivity contribution < 1.29 is 18.8 Å². The lowest BCUT2D eigenvalue weighted by molar-refractivity contribution is -0.121. The standard InChI is InChI=1S/C20H21FN2O3/c1-25-18-4-2-3-15(10-18)11-20(24)22-13-19-12-17(23-26-19)9-14-5-7-16(21)8-6-14/h2-8,10,19H,9,11-13H2,1H3,(H,22,24)/t19-/m0/s1. The molecule has 0 aromatic heterocycles. The van der Waals surface area contributed by atoms with Crippen molar-refractivity contribution in [3.8, 4) is 5.75 Å². The van der Waals surface area contributed by atoms with Crippen LogP contribution in [0.25, 0.3) is 0 Å². The zero-order valence-electron chi connectivity index (χ0n) is 14.6. The van der Waals surface area contributed by atoms with E-state index in [0.29, 0.717) is 19.4 Å². The Hall–Kier alpha value is -2.89. The number of oxime groups is 1. The van der Waals surface area contributed by atoms with Crippen LogP contribution in [0.5, 0.6) is 5.75 Å². The molecule has 2 aromatic carbocycles.